The zero-order chi connectivity index (χ0) is 19.3. The highest BCUT2D eigenvalue weighted by Gasteiger charge is 1.99. The van der Waals surface area contributed by atoms with Crippen molar-refractivity contribution in [3.8, 4) is 0 Å². The van der Waals surface area contributed by atoms with Crippen LogP contribution in [-0.2, 0) is 0 Å². The van der Waals surface area contributed by atoms with E-state index in [0.29, 0.717) is 0 Å². The molecule has 0 aliphatic carbocycles. The molecule has 158 valence electrons. The van der Waals surface area contributed by atoms with Gasteiger partial charge in [-0.1, -0.05) is 90.4 Å². The number of nitrogens with zero attached hydrogens (tertiary/aromatic N) is 1. The third-order valence-corrected chi connectivity index (χ3v) is 5.25. The van der Waals surface area contributed by atoms with Gasteiger partial charge in [-0.3, -0.25) is 0 Å². The summed E-state index contributed by atoms with van der Waals surface area (Å²) in [5, 5.41) is 3.41. The Hall–Kier alpha value is -0.120. The Morgan fingerprint density at radius 1 is 0.692 bits per heavy atom. The van der Waals surface area contributed by atoms with E-state index in [1.165, 1.54) is 109 Å². The summed E-state index contributed by atoms with van der Waals surface area (Å²) < 4.78 is 0. The Kier molecular flexibility index (Phi) is 21.1. The van der Waals surface area contributed by atoms with Gasteiger partial charge in [0.15, 0.2) is 0 Å². The molecule has 3 nitrogen and oxygen atoms in total. The first-order valence-electron chi connectivity index (χ1n) is 11.8. The summed E-state index contributed by atoms with van der Waals surface area (Å²) in [6.45, 7) is 8.82. The van der Waals surface area contributed by atoms with E-state index >= 15 is 0 Å². The van der Waals surface area contributed by atoms with Crippen LogP contribution in [0.3, 0.4) is 0 Å². The molecule has 0 saturated carbocycles. The fraction of sp³-hybridized carbons (Fsp3) is 1.00. The number of hydrogen-bond donors (Lipinski definition) is 2. The Morgan fingerprint density at radius 3 is 1.58 bits per heavy atom. The molecule has 3 N–H and O–H groups in total. The third kappa shape index (κ3) is 21.9. The second kappa shape index (κ2) is 21.2. The average molecular weight is 370 g/mol. The monoisotopic (exact) mass is 369 g/mol. The van der Waals surface area contributed by atoms with Gasteiger partial charge in [-0.25, -0.2) is 0 Å². The molecule has 0 aliphatic rings. The molecular weight excluding hydrogens is 318 g/mol. The van der Waals surface area contributed by atoms with Crippen LogP contribution in [0.4, 0.5) is 0 Å². The van der Waals surface area contributed by atoms with Crippen molar-refractivity contribution in [1.82, 2.24) is 10.2 Å². The standard InChI is InChI=1S/C23H51N3/c1-4-5-6-7-8-9-10-11-12-13-14-15-16-17-20-26(3)21-18-19-25-22-23(2)24/h23,25H,4-22,24H2,1-3H3. The molecule has 0 rings (SSSR count). The van der Waals surface area contributed by atoms with Gasteiger partial charge >= 0.3 is 0 Å². The van der Waals surface area contributed by atoms with Crippen molar-refractivity contribution in [2.75, 3.05) is 33.2 Å². The molecule has 0 radical (unpaired) electrons. The summed E-state index contributed by atoms with van der Waals surface area (Å²) in [5.74, 6) is 0. The van der Waals surface area contributed by atoms with E-state index in [-0.39, 0.29) is 6.04 Å². The number of unbranched alkanes of at least 4 members (excludes halogenated alkanes) is 13. The SMILES string of the molecule is CCCCCCCCCCCCCCCCN(C)CCCNCC(C)N. The minimum absolute atomic E-state index is 0.267. The van der Waals surface area contributed by atoms with Crippen molar-refractivity contribution in [3.63, 3.8) is 0 Å². The molecule has 0 bridgehead atoms. The molecule has 1 atom stereocenters. The van der Waals surface area contributed by atoms with E-state index in [0.717, 1.165) is 13.1 Å². The van der Waals surface area contributed by atoms with Crippen molar-refractivity contribution in [2.45, 2.75) is 116 Å². The molecular formula is C23H51N3. The van der Waals surface area contributed by atoms with E-state index < -0.39 is 0 Å². The van der Waals surface area contributed by atoms with Crippen LogP contribution in [0.5, 0.6) is 0 Å². The molecule has 0 amide bonds. The van der Waals surface area contributed by atoms with Gasteiger partial charge in [-0.05, 0) is 46.4 Å². The molecule has 0 aromatic carbocycles. The predicted octanol–water partition coefficient (Wildman–Crippen LogP) is 5.73. The topological polar surface area (TPSA) is 41.3 Å². The highest BCUT2D eigenvalue weighted by molar-refractivity contribution is 4.59. The number of nitrogens with two attached hydrogens (primary N) is 1. The molecule has 0 aliphatic heterocycles. The Morgan fingerprint density at radius 2 is 1.12 bits per heavy atom. The molecule has 0 spiro atoms. The van der Waals surface area contributed by atoms with Gasteiger partial charge in [0.2, 0.25) is 0 Å². The fourth-order valence-corrected chi connectivity index (χ4v) is 3.49. The second-order valence-electron chi connectivity index (χ2n) is 8.43. The van der Waals surface area contributed by atoms with E-state index in [9.17, 15) is 0 Å². The van der Waals surface area contributed by atoms with Gasteiger partial charge in [0.1, 0.15) is 0 Å². The smallest absolute Gasteiger partial charge is 0.0136 e. The summed E-state index contributed by atoms with van der Waals surface area (Å²) in [6, 6.07) is 0.267. The molecule has 0 aromatic heterocycles. The lowest BCUT2D eigenvalue weighted by Crippen LogP contribution is -2.33. The third-order valence-electron chi connectivity index (χ3n) is 5.25. The van der Waals surface area contributed by atoms with Gasteiger partial charge in [0.25, 0.3) is 0 Å². The lowest BCUT2D eigenvalue weighted by atomic mass is 10.0. The highest BCUT2D eigenvalue weighted by Crippen LogP contribution is 2.13. The van der Waals surface area contributed by atoms with Gasteiger partial charge in [0, 0.05) is 12.6 Å². The van der Waals surface area contributed by atoms with Crippen molar-refractivity contribution in [2.24, 2.45) is 5.73 Å². The summed E-state index contributed by atoms with van der Waals surface area (Å²) >= 11 is 0. The van der Waals surface area contributed by atoms with Crippen LogP contribution in [0.15, 0.2) is 0 Å². The average Bonchev–Trinajstić information content (AvgIpc) is 2.61. The van der Waals surface area contributed by atoms with Crippen LogP contribution in [0.2, 0.25) is 0 Å². The highest BCUT2D eigenvalue weighted by atomic mass is 15.1. The summed E-state index contributed by atoms with van der Waals surface area (Å²) in [6.07, 6.45) is 21.4. The fourth-order valence-electron chi connectivity index (χ4n) is 3.49. The Labute approximate surface area is 165 Å². The molecule has 0 heterocycles. The quantitative estimate of drug-likeness (QED) is 0.254. The van der Waals surface area contributed by atoms with E-state index in [4.69, 9.17) is 5.73 Å². The maximum atomic E-state index is 5.73. The van der Waals surface area contributed by atoms with Crippen LogP contribution in [-0.4, -0.2) is 44.2 Å². The number of rotatable bonds is 21. The van der Waals surface area contributed by atoms with Crippen molar-refractivity contribution in [3.05, 3.63) is 0 Å². The number of hydrogen-bond acceptors (Lipinski definition) is 3. The van der Waals surface area contributed by atoms with E-state index in [1.54, 1.807) is 0 Å². The van der Waals surface area contributed by atoms with E-state index in [1.807, 2.05) is 0 Å². The molecule has 26 heavy (non-hydrogen) atoms. The zero-order valence-electron chi connectivity index (χ0n) is 18.5. The van der Waals surface area contributed by atoms with Crippen LogP contribution < -0.4 is 11.1 Å². The van der Waals surface area contributed by atoms with Crippen LogP contribution in [0.1, 0.15) is 110 Å². The molecule has 3 heteroatoms. The minimum atomic E-state index is 0.267. The second-order valence-corrected chi connectivity index (χ2v) is 8.43. The first-order valence-corrected chi connectivity index (χ1v) is 11.8. The van der Waals surface area contributed by atoms with Crippen LogP contribution in [0, 0.1) is 0 Å². The first kappa shape index (κ1) is 25.9. The summed E-state index contributed by atoms with van der Waals surface area (Å²) in [4.78, 5) is 2.48. The Balaban J connectivity index is 3.12. The minimum Gasteiger partial charge on any atom is -0.327 e. The maximum Gasteiger partial charge on any atom is 0.0136 e. The zero-order valence-corrected chi connectivity index (χ0v) is 18.5. The van der Waals surface area contributed by atoms with Gasteiger partial charge in [-0.2, -0.15) is 0 Å². The lowest BCUT2D eigenvalue weighted by Gasteiger charge is -2.16. The van der Waals surface area contributed by atoms with Gasteiger partial charge in [-0.15, -0.1) is 0 Å². The largest absolute Gasteiger partial charge is 0.327 e. The normalized spacial score (nSPS) is 12.8. The number of nitrogens with one attached hydrogen (secondary N) is 1. The van der Waals surface area contributed by atoms with Gasteiger partial charge in [0.05, 0.1) is 0 Å². The molecule has 0 saturated heterocycles. The maximum absolute atomic E-state index is 5.73. The van der Waals surface area contributed by atoms with Crippen LogP contribution >= 0.6 is 0 Å². The van der Waals surface area contributed by atoms with E-state index in [2.05, 4.69) is 31.1 Å². The Bertz CT molecular complexity index is 256. The lowest BCUT2D eigenvalue weighted by molar-refractivity contribution is 0.316. The van der Waals surface area contributed by atoms with Gasteiger partial charge < -0.3 is 16.0 Å². The first-order chi connectivity index (χ1) is 12.7. The molecule has 0 fully saturated rings. The predicted molar refractivity (Wildman–Crippen MR) is 119 cm³/mol. The summed E-state index contributed by atoms with van der Waals surface area (Å²) in [5.41, 5.74) is 5.73. The summed E-state index contributed by atoms with van der Waals surface area (Å²) in [7, 11) is 2.26. The van der Waals surface area contributed by atoms with Crippen LogP contribution in [0.25, 0.3) is 0 Å². The van der Waals surface area contributed by atoms with Crippen molar-refractivity contribution in [1.29, 1.82) is 0 Å². The molecule has 1 unspecified atom stereocenters. The van der Waals surface area contributed by atoms with Crippen molar-refractivity contribution < 1.29 is 0 Å². The van der Waals surface area contributed by atoms with Crippen molar-refractivity contribution >= 4 is 0 Å². The molecule has 0 aromatic rings.